The van der Waals surface area contributed by atoms with Crippen molar-refractivity contribution < 1.29 is 49.0 Å². The molecule has 59 heavy (non-hydrogen) atoms. The number of rotatable bonds is 35. The number of allylic oxidation sites excluding steroid dienone is 16. The molecule has 0 aliphatic carbocycles. The van der Waals surface area contributed by atoms with Crippen LogP contribution in [0.15, 0.2) is 97.2 Å². The molecule has 1 rings (SSSR count). The van der Waals surface area contributed by atoms with Crippen LogP contribution in [0.3, 0.4) is 0 Å². The normalized spacial score (nSPS) is 20.9. The minimum atomic E-state index is -1.61. The van der Waals surface area contributed by atoms with Crippen LogP contribution in [-0.2, 0) is 28.5 Å². The van der Waals surface area contributed by atoms with Crippen LogP contribution >= 0.6 is 0 Å². The molecule has 0 amide bonds. The van der Waals surface area contributed by atoms with Gasteiger partial charge in [0.25, 0.3) is 0 Å². The molecule has 0 aromatic rings. The second-order valence-corrected chi connectivity index (χ2v) is 14.8. The first-order valence-corrected chi connectivity index (χ1v) is 22.3. The van der Waals surface area contributed by atoms with Crippen molar-refractivity contribution in [1.82, 2.24) is 0 Å². The lowest BCUT2D eigenvalue weighted by molar-refractivity contribution is -0.305. The maximum Gasteiger partial charge on any atom is 0.306 e. The van der Waals surface area contributed by atoms with E-state index in [0.29, 0.717) is 19.3 Å². The number of ether oxygens (including phenoxy) is 4. The molecular formula is C49H78O10. The van der Waals surface area contributed by atoms with Gasteiger partial charge in [0.2, 0.25) is 0 Å². The van der Waals surface area contributed by atoms with E-state index in [0.717, 1.165) is 77.0 Å². The van der Waals surface area contributed by atoms with Crippen molar-refractivity contribution in [2.45, 2.75) is 179 Å². The Labute approximate surface area is 356 Å². The molecule has 1 aliphatic heterocycles. The zero-order valence-corrected chi connectivity index (χ0v) is 36.2. The van der Waals surface area contributed by atoms with Gasteiger partial charge in [-0.25, -0.2) is 0 Å². The lowest BCUT2D eigenvalue weighted by Gasteiger charge is -2.39. The Bertz CT molecular complexity index is 1280. The van der Waals surface area contributed by atoms with Crippen LogP contribution < -0.4 is 0 Å². The summed E-state index contributed by atoms with van der Waals surface area (Å²) in [6.07, 6.45) is 44.1. The Kier molecular flexibility index (Phi) is 35.3. The fourth-order valence-electron chi connectivity index (χ4n) is 5.93. The highest BCUT2D eigenvalue weighted by molar-refractivity contribution is 5.70. The summed E-state index contributed by atoms with van der Waals surface area (Å²) in [5.41, 5.74) is 0. The summed E-state index contributed by atoms with van der Waals surface area (Å²) in [5.74, 6) is -0.911. The highest BCUT2D eigenvalue weighted by atomic mass is 16.7. The van der Waals surface area contributed by atoms with Gasteiger partial charge in [0.05, 0.1) is 13.2 Å². The van der Waals surface area contributed by atoms with E-state index in [-0.39, 0.29) is 26.1 Å². The van der Waals surface area contributed by atoms with Crippen LogP contribution in [0.5, 0.6) is 0 Å². The summed E-state index contributed by atoms with van der Waals surface area (Å²) in [6, 6.07) is 0. The zero-order chi connectivity index (χ0) is 43.0. The van der Waals surface area contributed by atoms with Crippen LogP contribution in [0.4, 0.5) is 0 Å². The summed E-state index contributed by atoms with van der Waals surface area (Å²) < 4.78 is 22.1. The van der Waals surface area contributed by atoms with Gasteiger partial charge in [-0.05, 0) is 89.9 Å². The van der Waals surface area contributed by atoms with E-state index < -0.39 is 55.4 Å². The summed E-state index contributed by atoms with van der Waals surface area (Å²) in [5, 5.41) is 40.1. The van der Waals surface area contributed by atoms with E-state index in [1.54, 1.807) is 0 Å². The molecule has 0 radical (unpaired) electrons. The number of unbranched alkanes of at least 4 members (excludes halogenated alkanes) is 8. The molecule has 4 N–H and O–H groups in total. The molecule has 6 atom stereocenters. The van der Waals surface area contributed by atoms with E-state index in [2.05, 4.69) is 105 Å². The van der Waals surface area contributed by atoms with Gasteiger partial charge in [-0.2, -0.15) is 0 Å². The number of esters is 2. The molecule has 0 saturated carbocycles. The Morgan fingerprint density at radius 2 is 1.02 bits per heavy atom. The number of hydrogen-bond acceptors (Lipinski definition) is 10. The SMILES string of the molecule is CC/C=C/C/C=C/C/C=C/C/C=C/C/C=C/CCCC(=O)OC[C@@H](CO[C@H]1O[C@@H](CO)[C@@H](O)C(O)C1O)OC(=O)CCCCCC/C=C/C/C=C/C/C=C/CCCCC. The van der Waals surface area contributed by atoms with Gasteiger partial charge in [-0.1, -0.05) is 137 Å². The van der Waals surface area contributed by atoms with Gasteiger partial charge < -0.3 is 39.4 Å². The Hall–Kier alpha value is -3.38. The minimum Gasteiger partial charge on any atom is -0.462 e. The third kappa shape index (κ3) is 30.3. The summed E-state index contributed by atoms with van der Waals surface area (Å²) in [7, 11) is 0. The van der Waals surface area contributed by atoms with E-state index in [9.17, 15) is 30.0 Å². The molecule has 2 unspecified atom stereocenters. The van der Waals surface area contributed by atoms with Crippen molar-refractivity contribution in [3.63, 3.8) is 0 Å². The smallest absolute Gasteiger partial charge is 0.306 e. The van der Waals surface area contributed by atoms with Crippen molar-refractivity contribution >= 4 is 11.9 Å². The van der Waals surface area contributed by atoms with Gasteiger partial charge in [0.15, 0.2) is 12.4 Å². The average Bonchev–Trinajstić information content (AvgIpc) is 3.23. The molecule has 0 aromatic heterocycles. The minimum absolute atomic E-state index is 0.186. The van der Waals surface area contributed by atoms with E-state index in [1.807, 2.05) is 6.08 Å². The molecule has 1 heterocycles. The van der Waals surface area contributed by atoms with Crippen molar-refractivity contribution in [3.05, 3.63) is 97.2 Å². The topological polar surface area (TPSA) is 152 Å². The second kappa shape index (κ2) is 38.8. The molecule has 0 aromatic carbocycles. The Morgan fingerprint density at radius 1 is 0.542 bits per heavy atom. The molecule has 1 aliphatic rings. The van der Waals surface area contributed by atoms with E-state index in [4.69, 9.17) is 18.9 Å². The van der Waals surface area contributed by atoms with Gasteiger partial charge in [-0.15, -0.1) is 0 Å². The van der Waals surface area contributed by atoms with Gasteiger partial charge in [-0.3, -0.25) is 9.59 Å². The molecule has 0 spiro atoms. The number of carbonyl (C=O) groups excluding carboxylic acids is 2. The fourth-order valence-corrected chi connectivity index (χ4v) is 5.93. The first-order chi connectivity index (χ1) is 28.8. The lowest BCUT2D eigenvalue weighted by atomic mass is 9.99. The predicted octanol–water partition coefficient (Wildman–Crippen LogP) is 9.55. The number of aliphatic hydroxyl groups excluding tert-OH is 4. The van der Waals surface area contributed by atoms with Gasteiger partial charge in [0, 0.05) is 12.8 Å². The standard InChI is InChI=1S/C49H78O10/c1-3-5-7-9-11-13-15-17-19-21-23-25-27-29-31-33-35-37-44(51)56-40-42(41-57-49-48(55)47(54)46(53)43(39-50)59-49)58-45(52)38-36-34-32-30-28-26-24-22-20-18-16-14-12-10-8-6-4-2/h5,7,11-14,17-20,23-26,29,31,42-43,46-50,53-55H,3-4,6,8-10,15-16,21-22,27-28,30,32-41H2,1-2H3/b7-5+,13-11+,14-12+,19-17+,20-18+,25-23+,26-24+,31-29+/t42-,43-,46+,47?,48?,49-/m0/s1. The van der Waals surface area contributed by atoms with Gasteiger partial charge >= 0.3 is 11.9 Å². The molecular weight excluding hydrogens is 749 g/mol. The summed E-state index contributed by atoms with van der Waals surface area (Å²) >= 11 is 0. The van der Waals surface area contributed by atoms with Crippen LogP contribution in [-0.4, -0.2) is 89.0 Å². The first kappa shape index (κ1) is 53.6. The largest absolute Gasteiger partial charge is 0.462 e. The highest BCUT2D eigenvalue weighted by Crippen LogP contribution is 2.22. The predicted molar refractivity (Wildman–Crippen MR) is 237 cm³/mol. The number of carbonyl (C=O) groups is 2. The third-order valence-electron chi connectivity index (χ3n) is 9.45. The van der Waals surface area contributed by atoms with Crippen molar-refractivity contribution in [1.29, 1.82) is 0 Å². The number of hydrogen-bond donors (Lipinski definition) is 4. The highest BCUT2D eigenvalue weighted by Gasteiger charge is 2.44. The zero-order valence-electron chi connectivity index (χ0n) is 36.2. The monoisotopic (exact) mass is 827 g/mol. The van der Waals surface area contributed by atoms with Crippen molar-refractivity contribution in [2.24, 2.45) is 0 Å². The average molecular weight is 827 g/mol. The third-order valence-corrected chi connectivity index (χ3v) is 9.45. The van der Waals surface area contributed by atoms with Crippen LogP contribution in [0.25, 0.3) is 0 Å². The number of aliphatic hydroxyl groups is 4. The quantitative estimate of drug-likeness (QED) is 0.0276. The second-order valence-electron chi connectivity index (χ2n) is 14.8. The summed E-state index contributed by atoms with van der Waals surface area (Å²) in [6.45, 7) is 3.18. The molecule has 10 heteroatoms. The maximum atomic E-state index is 12.8. The fraction of sp³-hybridized carbons (Fsp3) is 0.633. The van der Waals surface area contributed by atoms with E-state index in [1.165, 1.54) is 19.3 Å². The van der Waals surface area contributed by atoms with Gasteiger partial charge in [0.1, 0.15) is 31.0 Å². The lowest BCUT2D eigenvalue weighted by Crippen LogP contribution is -2.59. The molecule has 1 saturated heterocycles. The van der Waals surface area contributed by atoms with Crippen LogP contribution in [0, 0.1) is 0 Å². The van der Waals surface area contributed by atoms with Crippen LogP contribution in [0.2, 0.25) is 0 Å². The molecule has 334 valence electrons. The summed E-state index contributed by atoms with van der Waals surface area (Å²) in [4.78, 5) is 25.3. The molecule has 10 nitrogen and oxygen atoms in total. The molecule has 0 bridgehead atoms. The van der Waals surface area contributed by atoms with Crippen molar-refractivity contribution in [2.75, 3.05) is 19.8 Å². The maximum absolute atomic E-state index is 12.8. The Balaban J connectivity index is 2.41. The first-order valence-electron chi connectivity index (χ1n) is 22.3. The Morgan fingerprint density at radius 3 is 1.54 bits per heavy atom. The van der Waals surface area contributed by atoms with Crippen LogP contribution in [0.1, 0.15) is 142 Å². The van der Waals surface area contributed by atoms with E-state index >= 15 is 0 Å². The molecule has 1 fully saturated rings. The van der Waals surface area contributed by atoms with Crippen molar-refractivity contribution in [3.8, 4) is 0 Å².